The molecule has 1 saturated carbocycles. The van der Waals surface area contributed by atoms with Gasteiger partial charge in [-0.15, -0.1) is 0 Å². The predicted molar refractivity (Wildman–Crippen MR) is 102 cm³/mol. The van der Waals surface area contributed by atoms with Gasteiger partial charge in [-0.25, -0.2) is 9.18 Å². The normalized spacial score (nSPS) is 20.4. The van der Waals surface area contributed by atoms with Gasteiger partial charge >= 0.3 is 6.03 Å². The number of aliphatic hydroxyl groups excluding tert-OH is 1. The van der Waals surface area contributed by atoms with Crippen molar-refractivity contribution in [3.63, 3.8) is 0 Å². The van der Waals surface area contributed by atoms with Gasteiger partial charge in [0.05, 0.1) is 25.4 Å². The minimum Gasteiger partial charge on any atom is -0.394 e. The molecule has 0 radical (unpaired) electrons. The number of amides is 2. The number of rotatable bonds is 6. The Hall–Kier alpha value is -1.66. The van der Waals surface area contributed by atoms with Crippen LogP contribution in [0.3, 0.4) is 0 Å². The zero-order chi connectivity index (χ0) is 19.1. The number of benzene rings is 1. The van der Waals surface area contributed by atoms with Crippen LogP contribution in [0.5, 0.6) is 0 Å². The summed E-state index contributed by atoms with van der Waals surface area (Å²) in [5.74, 6) is 0.149. The van der Waals surface area contributed by atoms with Gasteiger partial charge in [-0.05, 0) is 49.3 Å². The van der Waals surface area contributed by atoms with Crippen molar-refractivity contribution in [2.24, 2.45) is 5.92 Å². The van der Waals surface area contributed by atoms with E-state index in [2.05, 4.69) is 5.32 Å². The summed E-state index contributed by atoms with van der Waals surface area (Å²) in [4.78, 5) is 14.7. The summed E-state index contributed by atoms with van der Waals surface area (Å²) in [6, 6.07) is 6.42. The van der Waals surface area contributed by atoms with Crippen LogP contribution in [0.4, 0.5) is 9.18 Å². The number of piperidine rings is 1. The molecule has 3 rings (SSSR count). The minimum absolute atomic E-state index is 0.0292. The second kappa shape index (κ2) is 10.0. The maximum atomic E-state index is 13.3. The number of hydrogen-bond acceptors (Lipinski definition) is 3. The summed E-state index contributed by atoms with van der Waals surface area (Å²) in [5, 5.41) is 12.1. The number of hydrogen-bond donors (Lipinski definition) is 2. The van der Waals surface area contributed by atoms with Crippen LogP contribution in [0.25, 0.3) is 0 Å². The zero-order valence-corrected chi connectivity index (χ0v) is 15.9. The molecule has 2 aliphatic rings. The van der Waals surface area contributed by atoms with Crippen molar-refractivity contribution >= 4 is 6.03 Å². The molecular formula is C21H31FN2O3. The lowest BCUT2D eigenvalue weighted by atomic mass is 9.81. The molecule has 1 aliphatic heterocycles. The van der Waals surface area contributed by atoms with Crippen LogP contribution >= 0.6 is 0 Å². The summed E-state index contributed by atoms with van der Waals surface area (Å²) in [7, 11) is 0. The Labute approximate surface area is 160 Å². The van der Waals surface area contributed by atoms with Gasteiger partial charge in [0, 0.05) is 13.1 Å². The highest BCUT2D eigenvalue weighted by atomic mass is 19.1. The Kier molecular flexibility index (Phi) is 7.47. The number of halogens is 1. The number of nitrogens with zero attached hydrogens (tertiary/aromatic N) is 1. The molecule has 1 atom stereocenters. The molecule has 150 valence electrons. The van der Waals surface area contributed by atoms with Crippen molar-refractivity contribution in [2.75, 3.05) is 26.3 Å². The number of likely N-dealkylation sites (tertiary alicyclic amines) is 1. The molecule has 1 heterocycles. The van der Waals surface area contributed by atoms with E-state index in [0.29, 0.717) is 25.6 Å². The Morgan fingerprint density at radius 2 is 1.81 bits per heavy atom. The van der Waals surface area contributed by atoms with Crippen LogP contribution < -0.4 is 5.32 Å². The van der Waals surface area contributed by atoms with Crippen molar-refractivity contribution in [1.29, 1.82) is 0 Å². The average molecular weight is 378 g/mol. The minimum atomic E-state index is -0.252. The van der Waals surface area contributed by atoms with Gasteiger partial charge in [-0.1, -0.05) is 31.4 Å². The lowest BCUT2D eigenvalue weighted by Gasteiger charge is -2.36. The fourth-order valence-electron chi connectivity index (χ4n) is 4.28. The van der Waals surface area contributed by atoms with E-state index in [9.17, 15) is 9.18 Å². The molecule has 2 N–H and O–H groups in total. The second-order valence-corrected chi connectivity index (χ2v) is 7.66. The van der Waals surface area contributed by atoms with Crippen LogP contribution in [0.1, 0.15) is 56.6 Å². The predicted octanol–water partition coefficient (Wildman–Crippen LogP) is 3.63. The maximum absolute atomic E-state index is 13.3. The first-order valence-electron chi connectivity index (χ1n) is 10.2. The van der Waals surface area contributed by atoms with Crippen molar-refractivity contribution in [1.82, 2.24) is 10.2 Å². The lowest BCUT2D eigenvalue weighted by Crippen LogP contribution is -2.48. The molecule has 1 aromatic carbocycles. The summed E-state index contributed by atoms with van der Waals surface area (Å²) >= 11 is 0. The van der Waals surface area contributed by atoms with Crippen LogP contribution in [0, 0.1) is 11.7 Å². The van der Waals surface area contributed by atoms with Crippen molar-refractivity contribution < 1.29 is 19.0 Å². The highest BCUT2D eigenvalue weighted by molar-refractivity contribution is 5.75. The summed E-state index contributed by atoms with van der Waals surface area (Å²) in [6.45, 7) is 1.69. The first-order chi connectivity index (χ1) is 13.2. The standard InChI is InChI=1S/C21H31FN2O3/c22-18-8-6-17(7-9-18)20(16-4-2-1-3-5-16)23-21(26)24-12-10-19(11-13-24)27-15-14-25/h6-9,16,19-20,25H,1-5,10-15H2,(H,23,26). The number of ether oxygens (including phenoxy) is 1. The smallest absolute Gasteiger partial charge is 0.317 e. The van der Waals surface area contributed by atoms with Gasteiger partial charge in [0.2, 0.25) is 0 Å². The summed E-state index contributed by atoms with van der Waals surface area (Å²) in [5.41, 5.74) is 0.984. The first-order valence-corrected chi connectivity index (χ1v) is 10.2. The Bertz CT molecular complexity index is 582. The summed E-state index contributed by atoms with van der Waals surface area (Å²) in [6.07, 6.45) is 7.52. The van der Waals surface area contributed by atoms with Gasteiger partial charge in [0.25, 0.3) is 0 Å². The van der Waals surface area contributed by atoms with E-state index in [1.807, 2.05) is 4.90 Å². The van der Waals surface area contributed by atoms with Gasteiger partial charge in [-0.3, -0.25) is 0 Å². The van der Waals surface area contributed by atoms with Gasteiger partial charge < -0.3 is 20.1 Å². The third kappa shape index (κ3) is 5.66. The van der Waals surface area contributed by atoms with Crippen molar-refractivity contribution in [3.05, 3.63) is 35.6 Å². The van der Waals surface area contributed by atoms with Crippen LogP contribution in [-0.4, -0.2) is 48.4 Å². The molecule has 5 nitrogen and oxygen atoms in total. The molecule has 2 fully saturated rings. The Balaban J connectivity index is 1.61. The largest absolute Gasteiger partial charge is 0.394 e. The number of carbonyl (C=O) groups is 1. The molecule has 1 saturated heterocycles. The van der Waals surface area contributed by atoms with E-state index < -0.39 is 0 Å². The monoisotopic (exact) mass is 378 g/mol. The van der Waals surface area contributed by atoms with Gasteiger partial charge in [0.1, 0.15) is 5.82 Å². The highest BCUT2D eigenvalue weighted by Gasteiger charge is 2.30. The van der Waals surface area contributed by atoms with Crippen LogP contribution in [-0.2, 0) is 4.74 Å². The molecule has 27 heavy (non-hydrogen) atoms. The van der Waals surface area contributed by atoms with E-state index in [-0.39, 0.29) is 30.6 Å². The molecular weight excluding hydrogens is 347 g/mol. The molecule has 1 aliphatic carbocycles. The van der Waals surface area contributed by atoms with Crippen LogP contribution in [0.2, 0.25) is 0 Å². The molecule has 0 spiro atoms. The number of aliphatic hydroxyl groups is 1. The SMILES string of the molecule is O=C(NC(c1ccc(F)cc1)C1CCCCC1)N1CCC(OCCO)CC1. The van der Waals surface area contributed by atoms with E-state index in [4.69, 9.17) is 9.84 Å². The fourth-order valence-corrected chi connectivity index (χ4v) is 4.28. The molecule has 1 aromatic rings. The van der Waals surface area contributed by atoms with E-state index >= 15 is 0 Å². The quantitative estimate of drug-likeness (QED) is 0.795. The first kappa shape index (κ1) is 20.1. The van der Waals surface area contributed by atoms with E-state index in [1.54, 1.807) is 12.1 Å². The van der Waals surface area contributed by atoms with E-state index in [0.717, 1.165) is 31.2 Å². The molecule has 1 unspecified atom stereocenters. The number of carbonyl (C=O) groups excluding carboxylic acids is 1. The van der Waals surface area contributed by atoms with Crippen molar-refractivity contribution in [3.8, 4) is 0 Å². The van der Waals surface area contributed by atoms with Gasteiger partial charge in [0.15, 0.2) is 0 Å². The Morgan fingerprint density at radius 3 is 2.44 bits per heavy atom. The average Bonchev–Trinajstić information content (AvgIpc) is 2.72. The van der Waals surface area contributed by atoms with Gasteiger partial charge in [-0.2, -0.15) is 0 Å². The third-order valence-electron chi connectivity index (χ3n) is 5.80. The molecule has 2 amide bonds. The second-order valence-electron chi connectivity index (χ2n) is 7.66. The highest BCUT2D eigenvalue weighted by Crippen LogP contribution is 2.34. The zero-order valence-electron chi connectivity index (χ0n) is 15.9. The summed E-state index contributed by atoms with van der Waals surface area (Å²) < 4.78 is 18.9. The van der Waals surface area contributed by atoms with Crippen molar-refractivity contribution in [2.45, 2.75) is 57.1 Å². The third-order valence-corrected chi connectivity index (χ3v) is 5.80. The van der Waals surface area contributed by atoms with E-state index in [1.165, 1.54) is 31.4 Å². The molecule has 0 aromatic heterocycles. The number of nitrogens with one attached hydrogen (secondary N) is 1. The lowest BCUT2D eigenvalue weighted by molar-refractivity contribution is -0.00198. The topological polar surface area (TPSA) is 61.8 Å². The molecule has 6 heteroatoms. The Morgan fingerprint density at radius 1 is 1.15 bits per heavy atom. The maximum Gasteiger partial charge on any atom is 0.317 e. The number of urea groups is 1. The fraction of sp³-hybridized carbons (Fsp3) is 0.667. The molecule has 0 bridgehead atoms. The van der Waals surface area contributed by atoms with Crippen LogP contribution in [0.15, 0.2) is 24.3 Å².